The molecule has 2 nitrogen and oxygen atoms in total. The van der Waals surface area contributed by atoms with Gasteiger partial charge >= 0.3 is 0 Å². The summed E-state index contributed by atoms with van der Waals surface area (Å²) in [5.41, 5.74) is 0. The Morgan fingerprint density at radius 1 is 1.39 bits per heavy atom. The maximum atomic E-state index is 5.28. The Morgan fingerprint density at radius 3 is 3.06 bits per heavy atom. The lowest BCUT2D eigenvalue weighted by molar-refractivity contribution is 0.413. The fourth-order valence-corrected chi connectivity index (χ4v) is 3.85. The molecule has 18 heavy (non-hydrogen) atoms. The van der Waals surface area contributed by atoms with E-state index in [1.165, 1.54) is 30.6 Å². The van der Waals surface area contributed by atoms with E-state index in [4.69, 9.17) is 4.74 Å². The lowest BCUT2D eigenvalue weighted by Gasteiger charge is -2.20. The van der Waals surface area contributed by atoms with Gasteiger partial charge in [0, 0.05) is 16.2 Å². The third kappa shape index (κ3) is 3.66. The Hall–Kier alpha value is -0.670. The summed E-state index contributed by atoms with van der Waals surface area (Å²) in [7, 11) is 1.73. The zero-order valence-corrected chi connectivity index (χ0v) is 12.1. The van der Waals surface area contributed by atoms with E-state index in [1.807, 2.05) is 17.8 Å². The van der Waals surface area contributed by atoms with Crippen LogP contribution < -0.4 is 10.1 Å². The summed E-state index contributed by atoms with van der Waals surface area (Å²) in [6, 6.07) is 9.08. The molecule has 1 aromatic rings. The molecule has 0 heterocycles. The molecule has 2 unspecified atom stereocenters. The fraction of sp³-hybridized carbons (Fsp3) is 0.600. The highest BCUT2D eigenvalue weighted by molar-refractivity contribution is 8.00. The normalized spacial score (nSPS) is 23.2. The van der Waals surface area contributed by atoms with Crippen LogP contribution in [0.25, 0.3) is 0 Å². The van der Waals surface area contributed by atoms with Crippen molar-refractivity contribution >= 4 is 11.8 Å². The van der Waals surface area contributed by atoms with Crippen molar-refractivity contribution < 1.29 is 4.74 Å². The van der Waals surface area contributed by atoms with Crippen LogP contribution in [0.2, 0.25) is 0 Å². The van der Waals surface area contributed by atoms with Gasteiger partial charge in [0.05, 0.1) is 7.11 Å². The molecule has 0 spiro atoms. The van der Waals surface area contributed by atoms with E-state index in [2.05, 4.69) is 30.4 Å². The van der Waals surface area contributed by atoms with Crippen LogP contribution in [-0.2, 0) is 0 Å². The van der Waals surface area contributed by atoms with Gasteiger partial charge in [-0.25, -0.2) is 0 Å². The Balaban J connectivity index is 1.94. The molecular formula is C15H23NOS. The van der Waals surface area contributed by atoms with Crippen LogP contribution >= 0.6 is 11.8 Å². The summed E-state index contributed by atoms with van der Waals surface area (Å²) in [6.07, 6.45) is 5.21. The van der Waals surface area contributed by atoms with Gasteiger partial charge in [-0.2, -0.15) is 0 Å². The zero-order valence-electron chi connectivity index (χ0n) is 11.3. The standard InChI is InChI=1S/C15H23NOS/c1-3-10-16-14-8-5-9-15(14)18-13-7-4-6-12(11-13)17-2/h4,6-7,11,14-16H,3,5,8-10H2,1-2H3. The molecular weight excluding hydrogens is 242 g/mol. The van der Waals surface area contributed by atoms with Gasteiger partial charge in [-0.15, -0.1) is 11.8 Å². The average Bonchev–Trinajstić information content (AvgIpc) is 2.84. The van der Waals surface area contributed by atoms with Crippen LogP contribution in [0, 0.1) is 0 Å². The van der Waals surface area contributed by atoms with Gasteiger partial charge in [0.1, 0.15) is 5.75 Å². The molecule has 1 N–H and O–H groups in total. The first-order valence-corrected chi connectivity index (χ1v) is 7.75. The first kappa shape index (κ1) is 13.8. The first-order valence-electron chi connectivity index (χ1n) is 6.87. The number of nitrogens with one attached hydrogen (secondary N) is 1. The summed E-state index contributed by atoms with van der Waals surface area (Å²) < 4.78 is 5.28. The number of hydrogen-bond acceptors (Lipinski definition) is 3. The molecule has 1 fully saturated rings. The minimum absolute atomic E-state index is 0.682. The van der Waals surface area contributed by atoms with E-state index in [0.29, 0.717) is 11.3 Å². The number of ether oxygens (including phenoxy) is 1. The van der Waals surface area contributed by atoms with Crippen LogP contribution in [-0.4, -0.2) is 24.9 Å². The van der Waals surface area contributed by atoms with E-state index in [0.717, 1.165) is 12.3 Å². The minimum Gasteiger partial charge on any atom is -0.497 e. The molecule has 1 aliphatic rings. The molecule has 0 amide bonds. The van der Waals surface area contributed by atoms with Crippen molar-refractivity contribution in [3.8, 4) is 5.75 Å². The lowest BCUT2D eigenvalue weighted by atomic mass is 10.2. The number of methoxy groups -OCH3 is 1. The fourth-order valence-electron chi connectivity index (χ4n) is 2.48. The van der Waals surface area contributed by atoms with Crippen LogP contribution in [0.1, 0.15) is 32.6 Å². The SMILES string of the molecule is CCCNC1CCCC1Sc1cccc(OC)c1. The van der Waals surface area contributed by atoms with E-state index in [9.17, 15) is 0 Å². The molecule has 2 atom stereocenters. The second kappa shape index (κ2) is 7.05. The topological polar surface area (TPSA) is 21.3 Å². The lowest BCUT2D eigenvalue weighted by Crippen LogP contribution is -2.34. The largest absolute Gasteiger partial charge is 0.497 e. The molecule has 0 saturated heterocycles. The molecule has 1 aliphatic carbocycles. The van der Waals surface area contributed by atoms with Gasteiger partial charge in [0.2, 0.25) is 0 Å². The van der Waals surface area contributed by atoms with Crippen LogP contribution in [0.5, 0.6) is 5.75 Å². The number of rotatable bonds is 6. The average molecular weight is 265 g/mol. The summed E-state index contributed by atoms with van der Waals surface area (Å²) in [4.78, 5) is 1.32. The van der Waals surface area contributed by atoms with E-state index >= 15 is 0 Å². The van der Waals surface area contributed by atoms with E-state index in [-0.39, 0.29) is 0 Å². The molecule has 1 saturated carbocycles. The Morgan fingerprint density at radius 2 is 2.28 bits per heavy atom. The molecule has 0 aromatic heterocycles. The molecule has 100 valence electrons. The van der Waals surface area contributed by atoms with Crippen molar-refractivity contribution in [2.45, 2.75) is 48.8 Å². The first-order chi connectivity index (χ1) is 8.83. The van der Waals surface area contributed by atoms with Crippen molar-refractivity contribution in [3.63, 3.8) is 0 Å². The maximum absolute atomic E-state index is 5.28. The second-order valence-corrected chi connectivity index (χ2v) is 6.14. The minimum atomic E-state index is 0.682. The summed E-state index contributed by atoms with van der Waals surface area (Å²) in [5, 5.41) is 4.39. The van der Waals surface area contributed by atoms with Crippen LogP contribution in [0.15, 0.2) is 29.2 Å². The molecule has 0 bridgehead atoms. The second-order valence-electron chi connectivity index (χ2n) is 4.83. The molecule has 1 aromatic carbocycles. The van der Waals surface area contributed by atoms with Gasteiger partial charge in [-0.05, 0) is 44.0 Å². The number of benzene rings is 1. The third-order valence-electron chi connectivity index (χ3n) is 3.44. The van der Waals surface area contributed by atoms with Crippen molar-refractivity contribution in [2.75, 3.05) is 13.7 Å². The summed E-state index contributed by atoms with van der Waals surface area (Å²) in [5.74, 6) is 0.955. The van der Waals surface area contributed by atoms with Gasteiger partial charge < -0.3 is 10.1 Å². The third-order valence-corrected chi connectivity index (χ3v) is 4.83. The van der Waals surface area contributed by atoms with Gasteiger partial charge in [-0.1, -0.05) is 19.4 Å². The quantitative estimate of drug-likeness (QED) is 0.847. The van der Waals surface area contributed by atoms with Crippen molar-refractivity contribution in [2.24, 2.45) is 0 Å². The number of hydrogen-bond donors (Lipinski definition) is 1. The smallest absolute Gasteiger partial charge is 0.119 e. The van der Waals surface area contributed by atoms with Gasteiger partial charge in [0.25, 0.3) is 0 Å². The van der Waals surface area contributed by atoms with E-state index in [1.54, 1.807) is 7.11 Å². The van der Waals surface area contributed by atoms with Crippen molar-refractivity contribution in [3.05, 3.63) is 24.3 Å². The maximum Gasteiger partial charge on any atom is 0.119 e. The predicted octanol–water partition coefficient (Wildman–Crippen LogP) is 3.71. The van der Waals surface area contributed by atoms with Crippen LogP contribution in [0.4, 0.5) is 0 Å². The summed E-state index contributed by atoms with van der Waals surface area (Å²) >= 11 is 2.00. The van der Waals surface area contributed by atoms with Crippen LogP contribution in [0.3, 0.4) is 0 Å². The van der Waals surface area contributed by atoms with Crippen molar-refractivity contribution in [1.82, 2.24) is 5.32 Å². The van der Waals surface area contributed by atoms with E-state index < -0.39 is 0 Å². The number of thioether (sulfide) groups is 1. The Bertz CT molecular complexity index is 369. The molecule has 0 radical (unpaired) electrons. The van der Waals surface area contributed by atoms with Gasteiger partial charge in [-0.3, -0.25) is 0 Å². The monoisotopic (exact) mass is 265 g/mol. The highest BCUT2D eigenvalue weighted by Crippen LogP contribution is 2.36. The molecule has 0 aliphatic heterocycles. The Labute approximate surface area is 114 Å². The highest BCUT2D eigenvalue weighted by atomic mass is 32.2. The zero-order chi connectivity index (χ0) is 12.8. The predicted molar refractivity (Wildman–Crippen MR) is 78.6 cm³/mol. The molecule has 3 heteroatoms. The van der Waals surface area contributed by atoms with Crippen molar-refractivity contribution in [1.29, 1.82) is 0 Å². The van der Waals surface area contributed by atoms with Gasteiger partial charge in [0.15, 0.2) is 0 Å². The highest BCUT2D eigenvalue weighted by Gasteiger charge is 2.27. The summed E-state index contributed by atoms with van der Waals surface area (Å²) in [6.45, 7) is 3.37. The molecule has 2 rings (SSSR count). The Kier molecular flexibility index (Phi) is 5.39.